The van der Waals surface area contributed by atoms with Crippen LogP contribution in [0.4, 0.5) is 4.79 Å². The molecule has 0 aliphatic heterocycles. The molecule has 1 aliphatic carbocycles. The van der Waals surface area contributed by atoms with Crippen LogP contribution in [0, 0.1) is 5.41 Å². The van der Waals surface area contributed by atoms with E-state index in [1.807, 2.05) is 69.3 Å². The van der Waals surface area contributed by atoms with Crippen molar-refractivity contribution in [1.29, 1.82) is 0 Å². The zero-order valence-corrected chi connectivity index (χ0v) is 20.2. The summed E-state index contributed by atoms with van der Waals surface area (Å²) in [5.41, 5.74) is 4.09. The third-order valence-electron chi connectivity index (χ3n) is 5.52. The largest absolute Gasteiger partial charge is 0.480 e. The van der Waals surface area contributed by atoms with Gasteiger partial charge in [0.1, 0.15) is 19.7 Å². The summed E-state index contributed by atoms with van der Waals surface area (Å²) in [5.74, 6) is -2.33. The van der Waals surface area contributed by atoms with Crippen molar-refractivity contribution in [3.63, 3.8) is 0 Å². The molecule has 0 fully saturated rings. The number of carbonyl (C=O) groups is 4. The van der Waals surface area contributed by atoms with Crippen LogP contribution in [-0.2, 0) is 19.1 Å². The predicted octanol–water partition coefficient (Wildman–Crippen LogP) is 2.60. The number of nitrogens with zero attached hydrogens (tertiary/aromatic N) is 1. The van der Waals surface area contributed by atoms with Crippen molar-refractivity contribution in [2.45, 2.75) is 26.7 Å². The topological polar surface area (TPSA) is 125 Å². The lowest BCUT2D eigenvalue weighted by Crippen LogP contribution is -2.47. The number of rotatable bonds is 9. The minimum absolute atomic E-state index is 0.0948. The van der Waals surface area contributed by atoms with E-state index in [2.05, 4.69) is 10.6 Å². The first-order chi connectivity index (χ1) is 16.5. The highest BCUT2D eigenvalue weighted by Crippen LogP contribution is 2.44. The van der Waals surface area contributed by atoms with Gasteiger partial charge in [-0.3, -0.25) is 14.4 Å². The zero-order chi connectivity index (χ0) is 25.6. The van der Waals surface area contributed by atoms with Crippen molar-refractivity contribution in [3.8, 4) is 11.1 Å². The van der Waals surface area contributed by atoms with Crippen LogP contribution in [0.15, 0.2) is 48.5 Å². The number of ether oxygens (including phenoxy) is 1. The summed E-state index contributed by atoms with van der Waals surface area (Å²) < 4.78 is 5.38. The second kappa shape index (κ2) is 11.0. The van der Waals surface area contributed by atoms with E-state index in [1.165, 1.54) is 4.90 Å². The zero-order valence-electron chi connectivity index (χ0n) is 20.2. The van der Waals surface area contributed by atoms with E-state index in [9.17, 15) is 19.2 Å². The fraction of sp³-hybridized carbons (Fsp3) is 0.385. The smallest absolute Gasteiger partial charge is 0.407 e. The van der Waals surface area contributed by atoms with Crippen LogP contribution in [0.3, 0.4) is 0 Å². The summed E-state index contributed by atoms with van der Waals surface area (Å²) in [6.07, 6.45) is -0.742. The van der Waals surface area contributed by atoms with Gasteiger partial charge in [-0.25, -0.2) is 4.79 Å². The van der Waals surface area contributed by atoms with Gasteiger partial charge in [-0.1, -0.05) is 69.3 Å². The van der Waals surface area contributed by atoms with Gasteiger partial charge in [0.05, 0.1) is 6.54 Å². The van der Waals surface area contributed by atoms with Crippen molar-refractivity contribution >= 4 is 23.9 Å². The molecular weight excluding hydrogens is 450 g/mol. The Balaban J connectivity index is 1.46. The molecule has 0 spiro atoms. The summed E-state index contributed by atoms with van der Waals surface area (Å²) in [7, 11) is 0. The lowest BCUT2D eigenvalue weighted by atomic mass is 9.96. The summed E-state index contributed by atoms with van der Waals surface area (Å²) in [6.45, 7) is 4.80. The van der Waals surface area contributed by atoms with E-state index in [1.54, 1.807) is 0 Å². The third-order valence-corrected chi connectivity index (χ3v) is 5.52. The number of carboxylic acid groups (broad SMARTS) is 1. The maximum atomic E-state index is 12.4. The molecule has 0 saturated heterocycles. The molecule has 0 bridgehead atoms. The van der Waals surface area contributed by atoms with E-state index in [0.717, 1.165) is 22.3 Å². The third kappa shape index (κ3) is 7.05. The van der Waals surface area contributed by atoms with E-state index < -0.39 is 30.4 Å². The Bertz CT molecular complexity index is 1060. The molecule has 186 valence electrons. The number of fused-ring (bicyclic) bond motifs is 3. The van der Waals surface area contributed by atoms with Gasteiger partial charge in [-0.05, 0) is 27.7 Å². The second-order valence-corrected chi connectivity index (χ2v) is 9.66. The first kappa shape index (κ1) is 25.7. The number of alkyl carbamates (subject to hydrolysis) is 1. The quantitative estimate of drug-likeness (QED) is 0.506. The fourth-order valence-corrected chi connectivity index (χ4v) is 4.12. The maximum Gasteiger partial charge on any atom is 0.407 e. The molecule has 0 heterocycles. The van der Waals surface area contributed by atoms with Gasteiger partial charge < -0.3 is 25.4 Å². The molecule has 3 rings (SSSR count). The Morgan fingerprint density at radius 3 is 2.03 bits per heavy atom. The van der Waals surface area contributed by atoms with Crippen LogP contribution in [0.2, 0.25) is 0 Å². The lowest BCUT2D eigenvalue weighted by Gasteiger charge is -2.28. The van der Waals surface area contributed by atoms with Crippen molar-refractivity contribution in [2.24, 2.45) is 5.41 Å². The number of hydrogen-bond donors (Lipinski definition) is 3. The molecule has 0 unspecified atom stereocenters. The van der Waals surface area contributed by atoms with Crippen LogP contribution in [-0.4, -0.2) is 66.7 Å². The van der Waals surface area contributed by atoms with Crippen molar-refractivity contribution < 1.29 is 29.0 Å². The van der Waals surface area contributed by atoms with E-state index in [0.29, 0.717) is 0 Å². The monoisotopic (exact) mass is 481 g/mol. The number of carbonyl (C=O) groups excluding carboxylic acids is 3. The second-order valence-electron chi connectivity index (χ2n) is 9.66. The van der Waals surface area contributed by atoms with Crippen LogP contribution in [0.5, 0.6) is 0 Å². The van der Waals surface area contributed by atoms with E-state index in [-0.39, 0.29) is 37.6 Å². The van der Waals surface area contributed by atoms with E-state index >= 15 is 0 Å². The molecule has 3 N–H and O–H groups in total. The maximum absolute atomic E-state index is 12.4. The number of carboxylic acids is 1. The minimum atomic E-state index is -1.13. The Labute approximate surface area is 204 Å². The first-order valence-electron chi connectivity index (χ1n) is 11.4. The lowest BCUT2D eigenvalue weighted by molar-refractivity contribution is -0.145. The van der Waals surface area contributed by atoms with Crippen LogP contribution >= 0.6 is 0 Å². The molecule has 0 aromatic heterocycles. The predicted molar refractivity (Wildman–Crippen MR) is 130 cm³/mol. The van der Waals surface area contributed by atoms with Gasteiger partial charge in [0.15, 0.2) is 0 Å². The number of amides is 3. The van der Waals surface area contributed by atoms with E-state index in [4.69, 9.17) is 9.84 Å². The molecule has 0 saturated carbocycles. The Hall–Kier alpha value is -3.88. The Morgan fingerprint density at radius 1 is 0.914 bits per heavy atom. The summed E-state index contributed by atoms with van der Waals surface area (Å²) in [6, 6.07) is 15.9. The van der Waals surface area contributed by atoms with Crippen molar-refractivity contribution in [3.05, 3.63) is 59.7 Å². The molecular formula is C26H31N3O6. The summed E-state index contributed by atoms with van der Waals surface area (Å²) in [5, 5.41) is 13.8. The number of aliphatic carboxylic acids is 1. The molecule has 9 nitrogen and oxygen atoms in total. The molecule has 9 heteroatoms. The highest BCUT2D eigenvalue weighted by Gasteiger charge is 2.29. The molecule has 0 atom stereocenters. The number of benzene rings is 2. The molecule has 3 amide bonds. The number of nitrogens with one attached hydrogen (secondary N) is 2. The summed E-state index contributed by atoms with van der Waals surface area (Å²) in [4.78, 5) is 48.9. The van der Waals surface area contributed by atoms with Crippen molar-refractivity contribution in [2.75, 3.05) is 32.8 Å². The van der Waals surface area contributed by atoms with Gasteiger partial charge in [-0.2, -0.15) is 0 Å². The Kier molecular flexibility index (Phi) is 8.11. The number of hydrogen-bond acceptors (Lipinski definition) is 5. The van der Waals surface area contributed by atoms with Crippen LogP contribution < -0.4 is 10.6 Å². The molecule has 2 aromatic carbocycles. The molecule has 35 heavy (non-hydrogen) atoms. The summed E-state index contributed by atoms with van der Waals surface area (Å²) >= 11 is 0. The Morgan fingerprint density at radius 2 is 1.49 bits per heavy atom. The highest BCUT2D eigenvalue weighted by molar-refractivity contribution is 5.88. The van der Waals surface area contributed by atoms with Gasteiger partial charge in [0.2, 0.25) is 11.8 Å². The molecule has 0 radical (unpaired) electrons. The van der Waals surface area contributed by atoms with Gasteiger partial charge in [-0.15, -0.1) is 0 Å². The molecule has 1 aliphatic rings. The van der Waals surface area contributed by atoms with Gasteiger partial charge in [0, 0.05) is 12.5 Å². The normalized spacial score (nSPS) is 12.3. The van der Waals surface area contributed by atoms with Crippen LogP contribution in [0.25, 0.3) is 11.1 Å². The molecule has 2 aromatic rings. The highest BCUT2D eigenvalue weighted by atomic mass is 16.5. The standard InChI is InChI=1S/C26H31N3O6/c1-26(2,3)16-29(14-24(32)33)23(31)13-27-22(30)12-28-25(34)35-15-21-19-10-6-4-8-17(19)18-9-5-7-11-20(18)21/h4-11,21H,12-16H2,1-3H3,(H,27,30)(H,28,34)(H,32,33). The minimum Gasteiger partial charge on any atom is -0.480 e. The average molecular weight is 482 g/mol. The average Bonchev–Trinajstić information content (AvgIpc) is 3.12. The van der Waals surface area contributed by atoms with Crippen molar-refractivity contribution in [1.82, 2.24) is 15.5 Å². The first-order valence-corrected chi connectivity index (χ1v) is 11.4. The van der Waals surface area contributed by atoms with Gasteiger partial charge >= 0.3 is 12.1 Å². The van der Waals surface area contributed by atoms with Gasteiger partial charge in [0.25, 0.3) is 0 Å². The fourth-order valence-electron chi connectivity index (χ4n) is 4.12. The van der Waals surface area contributed by atoms with Crippen LogP contribution in [0.1, 0.15) is 37.8 Å². The SMILES string of the molecule is CC(C)(C)CN(CC(=O)O)C(=O)CNC(=O)CNC(=O)OCC1c2ccccc2-c2ccccc21.